The van der Waals surface area contributed by atoms with E-state index in [0.717, 1.165) is 0 Å². The molecular formula is C61H50Si. The van der Waals surface area contributed by atoms with Gasteiger partial charge in [-0.3, -0.25) is 0 Å². The molecular weight excluding hydrogens is 761 g/mol. The van der Waals surface area contributed by atoms with Crippen molar-refractivity contribution in [2.24, 2.45) is 11.8 Å². The van der Waals surface area contributed by atoms with Crippen LogP contribution in [0.15, 0.2) is 223 Å². The highest BCUT2D eigenvalue weighted by atomic mass is 28.3. The SMILES string of the molecule is CC1(C)c2ccccc2-c2ccc(C3=CC4C(C=C3)C3=CC5=C(c6ccc(-c7ccccc7)cc6)c6ccccc6C(c6ccc(-c7ccccc7)cc6)C5C=C3[Si]4(C)C)cc21. The monoisotopic (exact) mass is 810 g/mol. The van der Waals surface area contributed by atoms with Crippen molar-refractivity contribution in [2.75, 3.05) is 0 Å². The summed E-state index contributed by atoms with van der Waals surface area (Å²) in [6.07, 6.45) is 13.2. The van der Waals surface area contributed by atoms with Crippen molar-refractivity contribution in [3.63, 3.8) is 0 Å². The maximum atomic E-state index is 2.77. The number of benzene rings is 7. The normalized spacial score (nSPS) is 22.0. The van der Waals surface area contributed by atoms with E-state index in [1.165, 1.54) is 89.0 Å². The summed E-state index contributed by atoms with van der Waals surface area (Å²) in [6, 6.07) is 65.9. The van der Waals surface area contributed by atoms with Gasteiger partial charge in [-0.05, 0) is 106 Å². The summed E-state index contributed by atoms with van der Waals surface area (Å²) in [6.45, 7) is 10.1. The van der Waals surface area contributed by atoms with Crippen LogP contribution in [-0.2, 0) is 5.41 Å². The van der Waals surface area contributed by atoms with Gasteiger partial charge in [-0.25, -0.2) is 0 Å². The van der Waals surface area contributed by atoms with Gasteiger partial charge in [-0.1, -0.05) is 232 Å². The molecule has 0 aromatic heterocycles. The number of fused-ring (bicyclic) bond motifs is 8. The molecule has 4 unspecified atom stereocenters. The molecule has 1 heteroatoms. The lowest BCUT2D eigenvalue weighted by Crippen LogP contribution is -2.33. The van der Waals surface area contributed by atoms with Crippen LogP contribution in [0.25, 0.3) is 44.5 Å². The third-order valence-electron chi connectivity index (χ3n) is 15.2. The maximum Gasteiger partial charge on any atom is 0.0883 e. The predicted molar refractivity (Wildman–Crippen MR) is 264 cm³/mol. The number of hydrogen-bond acceptors (Lipinski definition) is 0. The van der Waals surface area contributed by atoms with Gasteiger partial charge in [0.2, 0.25) is 0 Å². The van der Waals surface area contributed by atoms with Crippen LogP contribution in [0.3, 0.4) is 0 Å². The van der Waals surface area contributed by atoms with Crippen molar-refractivity contribution in [1.29, 1.82) is 0 Å². The largest absolute Gasteiger partial charge is 0.0883 e. The van der Waals surface area contributed by atoms with Gasteiger partial charge >= 0.3 is 0 Å². The fourth-order valence-corrected chi connectivity index (χ4v) is 15.7. The standard InChI is InChI=1S/C61H50Si/c1-61(2)55-22-14-13-19-47(55)48-33-31-45(35-56(48)61)46-32-34-49-52-37-53-54(38-58(52)62(3,4)57(49)36-46)60(44-29-25-42(26-30-44)40-17-9-6-10-18-40)51-21-12-11-20-50(51)59(53)43-27-23-41(24-28-43)39-15-7-5-8-16-39/h5-38,49,54,57,60H,1-4H3. The van der Waals surface area contributed by atoms with Gasteiger partial charge in [0.05, 0.1) is 8.07 Å². The molecule has 5 aliphatic rings. The molecule has 1 heterocycles. The minimum absolute atomic E-state index is 0.0189. The third kappa shape index (κ3) is 5.64. The first-order valence-electron chi connectivity index (χ1n) is 22.5. The van der Waals surface area contributed by atoms with E-state index in [-0.39, 0.29) is 17.3 Å². The summed E-state index contributed by atoms with van der Waals surface area (Å²) in [4.78, 5) is 0. The molecule has 0 spiro atoms. The Kier molecular flexibility index (Phi) is 8.40. The lowest BCUT2D eigenvalue weighted by atomic mass is 9.65. The molecule has 0 bridgehead atoms. The second-order valence-corrected chi connectivity index (χ2v) is 23.9. The number of rotatable bonds is 5. The quantitative estimate of drug-likeness (QED) is 0.152. The molecule has 0 nitrogen and oxygen atoms in total. The molecule has 4 atom stereocenters. The van der Waals surface area contributed by atoms with Crippen molar-refractivity contribution in [1.82, 2.24) is 0 Å². The summed E-state index contributed by atoms with van der Waals surface area (Å²) in [7, 11) is -2.00. The van der Waals surface area contributed by atoms with Crippen molar-refractivity contribution in [3.05, 3.63) is 262 Å². The van der Waals surface area contributed by atoms with Crippen molar-refractivity contribution >= 4 is 19.2 Å². The Bertz CT molecular complexity index is 3090. The van der Waals surface area contributed by atoms with Gasteiger partial charge in [-0.2, -0.15) is 0 Å². The highest BCUT2D eigenvalue weighted by molar-refractivity contribution is 6.88. The zero-order valence-electron chi connectivity index (χ0n) is 35.9. The number of allylic oxidation sites excluding steroid dienone is 9. The first kappa shape index (κ1) is 37.2. The van der Waals surface area contributed by atoms with Gasteiger partial charge in [0.25, 0.3) is 0 Å². The summed E-state index contributed by atoms with van der Waals surface area (Å²) in [5.74, 6) is 0.796. The van der Waals surface area contributed by atoms with Crippen LogP contribution in [0, 0.1) is 11.8 Å². The second-order valence-electron chi connectivity index (χ2n) is 19.2. The molecule has 12 rings (SSSR count). The first-order valence-corrected chi connectivity index (χ1v) is 25.6. The fourth-order valence-electron chi connectivity index (χ4n) is 12.0. The van der Waals surface area contributed by atoms with Crippen molar-refractivity contribution < 1.29 is 0 Å². The molecule has 0 amide bonds. The predicted octanol–water partition coefficient (Wildman–Crippen LogP) is 15.7. The molecule has 7 aromatic rings. The molecule has 0 N–H and O–H groups in total. The van der Waals surface area contributed by atoms with Gasteiger partial charge < -0.3 is 0 Å². The van der Waals surface area contributed by atoms with Crippen LogP contribution in [0.1, 0.15) is 58.7 Å². The van der Waals surface area contributed by atoms with E-state index in [4.69, 9.17) is 0 Å². The molecule has 7 aromatic carbocycles. The van der Waals surface area contributed by atoms with Crippen LogP contribution >= 0.6 is 0 Å². The average Bonchev–Trinajstić information content (AvgIpc) is 3.69. The van der Waals surface area contributed by atoms with E-state index in [0.29, 0.717) is 11.5 Å². The highest BCUT2D eigenvalue weighted by Crippen LogP contribution is 2.61. The first-order chi connectivity index (χ1) is 30.3. The molecule has 4 aliphatic carbocycles. The minimum atomic E-state index is -2.00. The molecule has 1 fully saturated rings. The molecule has 62 heavy (non-hydrogen) atoms. The Labute approximate surface area is 368 Å². The Hall–Kier alpha value is -6.54. The average molecular weight is 811 g/mol. The molecule has 298 valence electrons. The summed E-state index contributed by atoms with van der Waals surface area (Å²) < 4.78 is 0. The summed E-state index contributed by atoms with van der Waals surface area (Å²) in [5.41, 5.74) is 23.7. The Morgan fingerprint density at radius 1 is 0.484 bits per heavy atom. The topological polar surface area (TPSA) is 0 Å². The van der Waals surface area contributed by atoms with Gasteiger partial charge in [-0.15, -0.1) is 0 Å². The van der Waals surface area contributed by atoms with Gasteiger partial charge in [0.15, 0.2) is 0 Å². The van der Waals surface area contributed by atoms with E-state index in [1.807, 2.05) is 0 Å². The Balaban J connectivity index is 0.994. The highest BCUT2D eigenvalue weighted by Gasteiger charge is 2.52. The molecule has 0 saturated carbocycles. The Morgan fingerprint density at radius 3 is 1.76 bits per heavy atom. The van der Waals surface area contributed by atoms with Crippen molar-refractivity contribution in [2.45, 2.75) is 43.8 Å². The fraction of sp³-hybridized carbons (Fsp3) is 0.148. The van der Waals surface area contributed by atoms with Crippen molar-refractivity contribution in [3.8, 4) is 33.4 Å². The molecule has 0 radical (unpaired) electrons. The number of hydrogen-bond donors (Lipinski definition) is 0. The lowest BCUT2D eigenvalue weighted by Gasteiger charge is -2.39. The Morgan fingerprint density at radius 2 is 1.05 bits per heavy atom. The van der Waals surface area contributed by atoms with Crippen LogP contribution in [0.2, 0.25) is 18.6 Å². The maximum absolute atomic E-state index is 2.77. The third-order valence-corrected chi connectivity index (χ3v) is 19.3. The molecule has 1 aliphatic heterocycles. The van der Waals surface area contributed by atoms with Crippen LogP contribution in [-0.4, -0.2) is 8.07 Å². The van der Waals surface area contributed by atoms with Gasteiger partial charge in [0.1, 0.15) is 0 Å². The summed E-state index contributed by atoms with van der Waals surface area (Å²) in [5, 5.41) is 1.65. The lowest BCUT2D eigenvalue weighted by molar-refractivity contribution is 0.642. The van der Waals surface area contributed by atoms with E-state index >= 15 is 0 Å². The van der Waals surface area contributed by atoms with E-state index in [1.54, 1.807) is 10.8 Å². The smallest absolute Gasteiger partial charge is 0.0765 e. The van der Waals surface area contributed by atoms with E-state index in [2.05, 4.69) is 233 Å². The van der Waals surface area contributed by atoms with E-state index < -0.39 is 8.07 Å². The van der Waals surface area contributed by atoms with Gasteiger partial charge in [0, 0.05) is 23.2 Å². The second kappa shape index (κ2) is 14.0. The molecule has 1 saturated heterocycles. The van der Waals surface area contributed by atoms with Crippen LogP contribution in [0.4, 0.5) is 0 Å². The minimum Gasteiger partial charge on any atom is -0.0765 e. The van der Waals surface area contributed by atoms with Crippen LogP contribution in [0.5, 0.6) is 0 Å². The van der Waals surface area contributed by atoms with Crippen LogP contribution < -0.4 is 0 Å². The summed E-state index contributed by atoms with van der Waals surface area (Å²) >= 11 is 0. The van der Waals surface area contributed by atoms with E-state index in [9.17, 15) is 0 Å². The zero-order valence-corrected chi connectivity index (χ0v) is 36.9. The zero-order chi connectivity index (χ0) is 41.7.